The van der Waals surface area contributed by atoms with Gasteiger partial charge in [0.05, 0.1) is 52.5 Å². The van der Waals surface area contributed by atoms with Crippen LogP contribution in [-0.2, 0) is 32.2 Å². The maximum atomic E-state index is 15.0. The summed E-state index contributed by atoms with van der Waals surface area (Å²) >= 11 is 5.73. The standard InChI is InChI=1S/C22H6B12ClF2N3O4/c23-11-8(5-38(33)15(42)18(36,37)6-1-3-7(35)4-2-6)12(24)13(25)9-10(11)21(29,30)40(14(9)41)20(28)17(44)39(34)16(43)19(26,27)22(20,31)32/h1-4H,5H2. The van der Waals surface area contributed by atoms with E-state index in [1.165, 1.54) is 0 Å². The normalized spacial score (nSPS) is 22.1. The number of hydrogen-bond donors (Lipinski definition) is 0. The van der Waals surface area contributed by atoms with E-state index in [0.717, 1.165) is 24.3 Å². The molecule has 0 N–H and O–H groups in total. The van der Waals surface area contributed by atoms with Gasteiger partial charge in [0, 0.05) is 22.7 Å². The molecule has 24 radical (unpaired) electrons. The Morgan fingerprint density at radius 3 is 1.93 bits per heavy atom. The Kier molecular flexibility index (Phi) is 8.19. The number of imide groups is 1. The maximum Gasteiger partial charge on any atom is 0.348 e. The average molecular weight is 580 g/mol. The highest BCUT2D eigenvalue weighted by molar-refractivity contribution is 6.68. The molecule has 1 saturated heterocycles. The molecular weight excluding hydrogens is 573 g/mol. The van der Waals surface area contributed by atoms with Gasteiger partial charge in [-0.05, 0) is 33.8 Å². The molecule has 1 fully saturated rings. The third-order valence-electron chi connectivity index (χ3n) is 7.77. The van der Waals surface area contributed by atoms with Crippen LogP contribution in [0.2, 0.25) is 15.5 Å². The van der Waals surface area contributed by atoms with Crippen molar-refractivity contribution in [3.8, 4) is 0 Å². The molecule has 1 unspecified atom stereocenters. The molecule has 2 aromatic rings. The quantitative estimate of drug-likeness (QED) is 0.263. The summed E-state index contributed by atoms with van der Waals surface area (Å²) in [5, 5.41) is -8.56. The van der Waals surface area contributed by atoms with Gasteiger partial charge in [0.1, 0.15) is 31.4 Å². The summed E-state index contributed by atoms with van der Waals surface area (Å²) in [5.74, 6) is -10.5. The van der Waals surface area contributed by atoms with Crippen molar-refractivity contribution in [2.45, 2.75) is 33.7 Å². The summed E-state index contributed by atoms with van der Waals surface area (Å²) in [7, 11) is 72.5. The van der Waals surface area contributed by atoms with Gasteiger partial charge in [0.15, 0.2) is 0 Å². The Morgan fingerprint density at radius 2 is 1.41 bits per heavy atom. The van der Waals surface area contributed by atoms with E-state index in [9.17, 15) is 19.2 Å². The van der Waals surface area contributed by atoms with E-state index in [0.29, 0.717) is 0 Å². The van der Waals surface area contributed by atoms with Gasteiger partial charge in [-0.2, -0.15) is 8.78 Å². The zero-order valence-electron chi connectivity index (χ0n) is 22.6. The fourth-order valence-corrected chi connectivity index (χ4v) is 5.27. The highest BCUT2D eigenvalue weighted by Gasteiger charge is 2.67. The van der Waals surface area contributed by atoms with Crippen LogP contribution in [-0.4, -0.2) is 138 Å². The smallest absolute Gasteiger partial charge is 0.348 e. The number of hydrogen-bond acceptors (Lipinski definition) is 4. The molecule has 2 aromatic carbocycles. The molecule has 0 spiro atoms. The fourth-order valence-electron chi connectivity index (χ4n) is 5.14. The molecule has 0 bridgehead atoms. The fraction of sp³-hybridized carbons (Fsp3) is 0.273. The predicted molar refractivity (Wildman–Crippen MR) is 168 cm³/mol. The van der Waals surface area contributed by atoms with Gasteiger partial charge in [0.25, 0.3) is 11.8 Å². The van der Waals surface area contributed by atoms with Crippen molar-refractivity contribution in [3.63, 3.8) is 0 Å². The van der Waals surface area contributed by atoms with E-state index in [4.69, 9.17) is 106 Å². The first-order valence-corrected chi connectivity index (χ1v) is 12.5. The second-order valence-electron chi connectivity index (χ2n) is 10.4. The van der Waals surface area contributed by atoms with Crippen molar-refractivity contribution in [3.05, 3.63) is 51.5 Å². The lowest BCUT2D eigenvalue weighted by molar-refractivity contribution is -0.154. The van der Waals surface area contributed by atoms with Crippen LogP contribution in [0.4, 0.5) is 8.78 Å². The molecule has 0 aromatic heterocycles. The molecule has 0 aliphatic carbocycles. The molecule has 22 heteroatoms. The van der Waals surface area contributed by atoms with E-state index < -0.39 is 90.4 Å². The van der Waals surface area contributed by atoms with E-state index in [2.05, 4.69) is 0 Å². The number of fused-ring (bicyclic) bond motifs is 1. The number of alkyl halides is 2. The summed E-state index contributed by atoms with van der Waals surface area (Å²) in [4.78, 5) is 52.6. The number of carbonyl (C=O) groups is 4. The third-order valence-corrected chi connectivity index (χ3v) is 8.02. The number of rotatable bonds is 5. The van der Waals surface area contributed by atoms with Crippen LogP contribution in [0.1, 0.15) is 27.0 Å². The van der Waals surface area contributed by atoms with Gasteiger partial charge in [0.2, 0.25) is 27.8 Å². The molecule has 7 nitrogen and oxygen atoms in total. The summed E-state index contributed by atoms with van der Waals surface area (Å²) in [5.41, 5.74) is -7.16. The Morgan fingerprint density at radius 1 is 0.886 bits per heavy atom. The molecule has 2 aliphatic rings. The molecular formula is C22H6B12ClF2N3O4. The molecule has 0 saturated carbocycles. The van der Waals surface area contributed by atoms with Crippen LogP contribution in [0, 0.1) is 0 Å². The summed E-state index contributed by atoms with van der Waals surface area (Å²) in [6.45, 7) is -0.925. The summed E-state index contributed by atoms with van der Waals surface area (Å²) < 4.78 is 30.0. The lowest BCUT2D eigenvalue weighted by Gasteiger charge is -2.65. The predicted octanol–water partition coefficient (Wildman–Crippen LogP) is -4.95. The lowest BCUT2D eigenvalue weighted by atomic mass is 9.20. The first-order valence-electron chi connectivity index (χ1n) is 12.1. The minimum Gasteiger partial charge on any atom is -0.387 e. The molecule has 2 heterocycles. The van der Waals surface area contributed by atoms with Gasteiger partial charge in [-0.25, -0.2) is 0 Å². The number of carbonyl (C=O) groups excluding carboxylic acids is 4. The van der Waals surface area contributed by atoms with Gasteiger partial charge in [-0.15, -0.1) is 0 Å². The number of piperidine rings is 1. The van der Waals surface area contributed by atoms with Gasteiger partial charge in [-0.1, -0.05) is 45.3 Å². The first-order chi connectivity index (χ1) is 19.9. The van der Waals surface area contributed by atoms with Crippen molar-refractivity contribution < 1.29 is 28.0 Å². The number of amides is 4. The zero-order valence-corrected chi connectivity index (χ0v) is 23.3. The van der Waals surface area contributed by atoms with Gasteiger partial charge >= 0.3 is 5.92 Å². The zero-order chi connectivity index (χ0) is 33.7. The van der Waals surface area contributed by atoms with Crippen LogP contribution in [0.3, 0.4) is 0 Å². The van der Waals surface area contributed by atoms with Crippen LogP contribution in [0.15, 0.2) is 24.3 Å². The average Bonchev–Trinajstić information content (AvgIpc) is 3.16. The Bertz CT molecular complexity index is 1650. The molecule has 4 rings (SSSR count). The summed E-state index contributed by atoms with van der Waals surface area (Å²) in [6.07, 6.45) is 0. The van der Waals surface area contributed by atoms with Crippen molar-refractivity contribution >= 4 is 146 Å². The minimum absolute atomic E-state index is 0.0841. The Hall–Kier alpha value is -2.55. The molecule has 2 aliphatic heterocycles. The Labute approximate surface area is 273 Å². The second kappa shape index (κ2) is 10.5. The van der Waals surface area contributed by atoms with Crippen LogP contribution in [0.25, 0.3) is 0 Å². The van der Waals surface area contributed by atoms with Crippen molar-refractivity contribution in [1.29, 1.82) is 0 Å². The highest BCUT2D eigenvalue weighted by atomic mass is 35.5. The van der Waals surface area contributed by atoms with Crippen molar-refractivity contribution in [2.24, 2.45) is 0 Å². The maximum absolute atomic E-state index is 15.0. The minimum atomic E-state index is -4.15. The molecule has 190 valence electrons. The van der Waals surface area contributed by atoms with Crippen LogP contribution in [0.5, 0.6) is 0 Å². The van der Waals surface area contributed by atoms with Crippen LogP contribution < -0.4 is 16.4 Å². The van der Waals surface area contributed by atoms with Gasteiger partial charge < -0.3 is 14.5 Å². The largest absolute Gasteiger partial charge is 0.387 e. The first kappa shape index (κ1) is 34.3. The lowest BCUT2D eigenvalue weighted by Crippen LogP contribution is -2.78. The van der Waals surface area contributed by atoms with Gasteiger partial charge in [-0.3, -0.25) is 19.2 Å². The highest BCUT2D eigenvalue weighted by Crippen LogP contribution is 2.58. The van der Waals surface area contributed by atoms with E-state index >= 15 is 8.78 Å². The molecule has 1 atom stereocenters. The van der Waals surface area contributed by atoms with Crippen molar-refractivity contribution in [1.82, 2.24) is 14.5 Å². The van der Waals surface area contributed by atoms with E-state index in [-0.39, 0.29) is 25.1 Å². The number of halogens is 3. The molecule has 44 heavy (non-hydrogen) atoms. The topological polar surface area (TPSA) is 78.0 Å². The SMILES string of the molecule is [B]c1c([B])c2c(c([B])c1CN([B])C(=O)C(F)(F)c1ccc(Cl)cc1)C([B])([B])N(C1([B])C(=O)N([B])C(=O)C([B])([B])C1([B])[B])C2=O. The molecule has 4 amide bonds. The number of nitrogens with zero attached hydrogens (tertiary/aromatic N) is 3. The second-order valence-corrected chi connectivity index (χ2v) is 10.9. The summed E-state index contributed by atoms with van der Waals surface area (Å²) in [6, 6.07) is 4.11. The van der Waals surface area contributed by atoms with E-state index in [1.54, 1.807) is 0 Å². The Balaban J connectivity index is 1.84. The van der Waals surface area contributed by atoms with Crippen LogP contribution >= 0.6 is 11.6 Å². The number of benzene rings is 2. The van der Waals surface area contributed by atoms with Crippen molar-refractivity contribution in [2.75, 3.05) is 0 Å². The van der Waals surface area contributed by atoms with E-state index in [1.807, 2.05) is 0 Å². The monoisotopic (exact) mass is 581 g/mol. The third kappa shape index (κ3) is 4.38.